The molecule has 29 heavy (non-hydrogen) atoms. The fourth-order valence-corrected chi connectivity index (χ4v) is 5.12. The average Bonchev–Trinajstić information content (AvgIpc) is 3.30. The minimum Gasteiger partial charge on any atom is -0.454 e. The fourth-order valence-electron chi connectivity index (χ4n) is 2.77. The summed E-state index contributed by atoms with van der Waals surface area (Å²) in [6.45, 7) is 11.7. The van der Waals surface area contributed by atoms with Crippen molar-refractivity contribution in [2.45, 2.75) is 57.7 Å². The molecule has 0 bridgehead atoms. The van der Waals surface area contributed by atoms with Gasteiger partial charge in [-0.05, 0) is 42.2 Å². The van der Waals surface area contributed by atoms with E-state index < -0.39 is 20.7 Å². The molecule has 3 heterocycles. The van der Waals surface area contributed by atoms with Crippen molar-refractivity contribution in [2.75, 3.05) is 6.61 Å². The van der Waals surface area contributed by atoms with Crippen molar-refractivity contribution in [3.05, 3.63) is 63.0 Å². The van der Waals surface area contributed by atoms with Gasteiger partial charge in [0.15, 0.2) is 8.32 Å². The van der Waals surface area contributed by atoms with E-state index in [4.69, 9.17) is 25.5 Å². The van der Waals surface area contributed by atoms with Gasteiger partial charge >= 0.3 is 0 Å². The Balaban J connectivity index is 1.75. The highest BCUT2D eigenvalue weighted by Gasteiger charge is 2.37. The lowest BCUT2D eigenvalue weighted by molar-refractivity contribution is -0.0217. The Kier molecular flexibility index (Phi) is 6.75. The van der Waals surface area contributed by atoms with Gasteiger partial charge in [0.25, 0.3) is 6.29 Å². The van der Waals surface area contributed by atoms with Crippen molar-refractivity contribution in [1.29, 1.82) is 0 Å². The Labute approximate surface area is 182 Å². The first-order valence-electron chi connectivity index (χ1n) is 9.61. The van der Waals surface area contributed by atoms with E-state index in [1.807, 2.05) is 18.2 Å². The van der Waals surface area contributed by atoms with E-state index in [9.17, 15) is 5.11 Å². The number of aliphatic hydroxyl groups excluding tert-OH is 1. The molecule has 0 saturated carbocycles. The molecule has 0 amide bonds. The maximum absolute atomic E-state index is 11.0. The third-order valence-electron chi connectivity index (χ3n) is 5.54. The molecular formula is C21H28ClNO4SSi. The van der Waals surface area contributed by atoms with Gasteiger partial charge in [-0.2, -0.15) is 0 Å². The maximum atomic E-state index is 11.0. The molecule has 8 heteroatoms. The van der Waals surface area contributed by atoms with Gasteiger partial charge in [-0.1, -0.05) is 38.4 Å². The van der Waals surface area contributed by atoms with Crippen LogP contribution in [0.4, 0.5) is 0 Å². The normalized spacial score (nSPS) is 16.0. The minimum atomic E-state index is -1.82. The second-order valence-electron chi connectivity index (χ2n) is 8.56. The zero-order valence-corrected chi connectivity index (χ0v) is 20.0. The van der Waals surface area contributed by atoms with Crippen LogP contribution < -0.4 is 0 Å². The number of aromatic nitrogens is 1. The molecule has 5 nitrogen and oxygen atoms in total. The largest absolute Gasteiger partial charge is 0.454 e. The number of ether oxygens (including phenoxy) is 2. The lowest BCUT2D eigenvalue weighted by atomic mass is 10.0. The monoisotopic (exact) mass is 453 g/mol. The van der Waals surface area contributed by atoms with E-state index in [2.05, 4.69) is 38.8 Å². The van der Waals surface area contributed by atoms with Crippen molar-refractivity contribution in [3.63, 3.8) is 0 Å². The van der Waals surface area contributed by atoms with E-state index in [1.54, 1.807) is 6.20 Å². The molecule has 1 N–H and O–H groups in total. The van der Waals surface area contributed by atoms with Crippen molar-refractivity contribution >= 4 is 31.3 Å². The summed E-state index contributed by atoms with van der Waals surface area (Å²) in [5.41, 5.74) is 2.16. The number of halogens is 1. The first kappa shape index (κ1) is 22.3. The van der Waals surface area contributed by atoms with Crippen LogP contribution in [0.15, 0.2) is 36.9 Å². The summed E-state index contributed by atoms with van der Waals surface area (Å²) in [7, 11) is -1.82. The number of rotatable bonds is 7. The van der Waals surface area contributed by atoms with Gasteiger partial charge in [0.2, 0.25) is 0 Å². The van der Waals surface area contributed by atoms with E-state index in [0.717, 1.165) is 10.4 Å². The molecule has 1 aliphatic rings. The van der Waals surface area contributed by atoms with Crippen LogP contribution in [0, 0.1) is 0 Å². The van der Waals surface area contributed by atoms with Crippen LogP contribution in [-0.4, -0.2) is 25.0 Å². The number of thiophene rings is 1. The third-order valence-corrected chi connectivity index (χ3v) is 11.5. The van der Waals surface area contributed by atoms with Gasteiger partial charge in [0.05, 0.1) is 14.9 Å². The predicted molar refractivity (Wildman–Crippen MR) is 119 cm³/mol. The highest BCUT2D eigenvalue weighted by molar-refractivity contribution is 7.16. The van der Waals surface area contributed by atoms with Crippen molar-refractivity contribution in [1.82, 2.24) is 4.98 Å². The Morgan fingerprint density at radius 1 is 1.31 bits per heavy atom. The first-order chi connectivity index (χ1) is 13.6. The van der Waals surface area contributed by atoms with Gasteiger partial charge in [0.1, 0.15) is 18.6 Å². The summed E-state index contributed by atoms with van der Waals surface area (Å²) in [6.07, 6.45) is 3.91. The molecule has 0 aliphatic carbocycles. The standard InChI is InChI=1S/C21H28ClNO4SSi/c1-21(2,3)29(4,5)27-10-8-14-7-6-9-23-17(14)18(24)15-13-16(28-19(15)22)20-25-11-12-26-20/h6-7,9,11-13,18,20,24H,8,10H2,1-5H3. The molecule has 1 aliphatic heterocycles. The lowest BCUT2D eigenvalue weighted by Crippen LogP contribution is -2.41. The van der Waals surface area contributed by atoms with Gasteiger partial charge in [0, 0.05) is 18.4 Å². The molecule has 0 saturated heterocycles. The van der Waals surface area contributed by atoms with Crippen LogP contribution in [-0.2, 0) is 20.3 Å². The molecule has 2 aromatic rings. The van der Waals surface area contributed by atoms with Gasteiger partial charge in [-0.3, -0.25) is 4.98 Å². The Bertz CT molecular complexity index is 870. The average molecular weight is 454 g/mol. The van der Waals surface area contributed by atoms with E-state index in [1.165, 1.54) is 23.9 Å². The highest BCUT2D eigenvalue weighted by Crippen LogP contribution is 2.40. The summed E-state index contributed by atoms with van der Waals surface area (Å²) in [5.74, 6) is 0. The highest BCUT2D eigenvalue weighted by atomic mass is 35.5. The quantitative estimate of drug-likeness (QED) is 0.524. The number of hydrogen-bond acceptors (Lipinski definition) is 6. The minimum absolute atomic E-state index is 0.157. The maximum Gasteiger partial charge on any atom is 0.275 e. The molecule has 3 rings (SSSR count). The van der Waals surface area contributed by atoms with Crippen LogP contribution in [0.1, 0.15) is 54.9 Å². The van der Waals surface area contributed by atoms with E-state index in [-0.39, 0.29) is 5.04 Å². The molecule has 0 spiro atoms. The molecular weight excluding hydrogens is 426 g/mol. The molecule has 1 atom stereocenters. The second-order valence-corrected chi connectivity index (χ2v) is 15.1. The van der Waals surface area contributed by atoms with Crippen molar-refractivity contribution in [3.8, 4) is 0 Å². The number of nitrogens with zero attached hydrogens (tertiary/aromatic N) is 1. The second kappa shape index (κ2) is 8.77. The summed E-state index contributed by atoms with van der Waals surface area (Å²) >= 11 is 7.75. The van der Waals surface area contributed by atoms with Gasteiger partial charge in [-0.15, -0.1) is 11.3 Å². The first-order valence-corrected chi connectivity index (χ1v) is 13.7. The molecule has 0 radical (unpaired) electrons. The zero-order valence-electron chi connectivity index (χ0n) is 17.4. The topological polar surface area (TPSA) is 60.8 Å². The van der Waals surface area contributed by atoms with Gasteiger partial charge < -0.3 is 19.0 Å². The number of aliphatic hydroxyl groups is 1. The van der Waals surface area contributed by atoms with Crippen molar-refractivity contribution < 1.29 is 19.0 Å². The molecule has 1 unspecified atom stereocenters. The molecule has 2 aromatic heterocycles. The van der Waals surface area contributed by atoms with Crippen LogP contribution in [0.25, 0.3) is 0 Å². The lowest BCUT2D eigenvalue weighted by Gasteiger charge is -2.36. The molecule has 158 valence electrons. The number of hydrogen-bond donors (Lipinski definition) is 1. The summed E-state index contributed by atoms with van der Waals surface area (Å²) in [5, 5.41) is 11.2. The fraction of sp³-hybridized carbons (Fsp3) is 0.476. The summed E-state index contributed by atoms with van der Waals surface area (Å²) < 4.78 is 17.5. The zero-order chi connectivity index (χ0) is 21.2. The van der Waals surface area contributed by atoms with E-state index >= 15 is 0 Å². The van der Waals surface area contributed by atoms with E-state index in [0.29, 0.717) is 28.6 Å². The SMILES string of the molecule is CC(C)(C)[Si](C)(C)OCCc1cccnc1C(O)c1cc(C2OC=CO2)sc1Cl. The Morgan fingerprint density at radius 3 is 2.66 bits per heavy atom. The molecule has 0 fully saturated rings. The van der Waals surface area contributed by atoms with Crippen LogP contribution in [0.3, 0.4) is 0 Å². The van der Waals surface area contributed by atoms with Gasteiger partial charge in [-0.25, -0.2) is 0 Å². The van der Waals surface area contributed by atoms with Crippen molar-refractivity contribution in [2.24, 2.45) is 0 Å². The Hall–Kier alpha value is -1.38. The van der Waals surface area contributed by atoms with Crippen LogP contribution >= 0.6 is 22.9 Å². The Morgan fingerprint density at radius 2 is 2.00 bits per heavy atom. The smallest absolute Gasteiger partial charge is 0.275 e. The molecule has 0 aromatic carbocycles. The third kappa shape index (κ3) is 5.03. The van der Waals surface area contributed by atoms with Crippen LogP contribution in [0.5, 0.6) is 0 Å². The number of pyridine rings is 1. The summed E-state index contributed by atoms with van der Waals surface area (Å²) in [4.78, 5) is 5.24. The summed E-state index contributed by atoms with van der Waals surface area (Å²) in [6, 6.07) is 5.68. The predicted octanol–water partition coefficient (Wildman–Crippen LogP) is 5.96. The van der Waals surface area contributed by atoms with Crippen LogP contribution in [0.2, 0.25) is 22.5 Å².